The summed E-state index contributed by atoms with van der Waals surface area (Å²) in [6.07, 6.45) is 2.48. The normalized spacial score (nSPS) is 16.4. The topological polar surface area (TPSA) is 15.3 Å². The summed E-state index contributed by atoms with van der Waals surface area (Å²) in [5.41, 5.74) is 1.46. The number of nitrogens with zero attached hydrogens (tertiary/aromatic N) is 1. The van der Waals surface area contributed by atoms with E-state index in [1.54, 1.807) is 0 Å². The summed E-state index contributed by atoms with van der Waals surface area (Å²) in [4.78, 5) is 2.60. The molecule has 0 aromatic heterocycles. The minimum absolute atomic E-state index is 0.792. The van der Waals surface area contributed by atoms with Gasteiger partial charge in [-0.05, 0) is 31.5 Å². The summed E-state index contributed by atoms with van der Waals surface area (Å²) in [6.45, 7) is 7.04. The van der Waals surface area contributed by atoms with Crippen molar-refractivity contribution in [2.45, 2.75) is 25.8 Å². The Morgan fingerprint density at radius 1 is 1.25 bits per heavy atom. The van der Waals surface area contributed by atoms with Gasteiger partial charge >= 0.3 is 0 Å². The van der Waals surface area contributed by atoms with Gasteiger partial charge < -0.3 is 5.32 Å². The zero-order chi connectivity index (χ0) is 11.2. The van der Waals surface area contributed by atoms with Crippen molar-refractivity contribution in [3.05, 3.63) is 35.9 Å². The molecule has 0 bridgehead atoms. The van der Waals surface area contributed by atoms with Crippen LogP contribution in [0, 0.1) is 0 Å². The minimum Gasteiger partial charge on any atom is -0.314 e. The van der Waals surface area contributed by atoms with Crippen LogP contribution in [0.15, 0.2) is 30.3 Å². The summed E-state index contributed by atoms with van der Waals surface area (Å²) in [7, 11) is 0. The van der Waals surface area contributed by atoms with Crippen LogP contribution in [0.5, 0.6) is 0 Å². The van der Waals surface area contributed by atoms with E-state index in [9.17, 15) is 0 Å². The van der Waals surface area contributed by atoms with Crippen molar-refractivity contribution in [2.75, 3.05) is 26.2 Å². The summed E-state index contributed by atoms with van der Waals surface area (Å²) < 4.78 is 0. The molecule has 0 radical (unpaired) electrons. The number of aryl methyl sites for hydroxylation is 1. The van der Waals surface area contributed by atoms with Crippen molar-refractivity contribution in [1.29, 1.82) is 0 Å². The maximum Gasteiger partial charge on any atom is 0.0345 e. The largest absolute Gasteiger partial charge is 0.314 e. The molecule has 0 atom stereocenters. The molecular formula is C14H22N2. The molecule has 0 unspecified atom stereocenters. The molecule has 1 heterocycles. The van der Waals surface area contributed by atoms with Gasteiger partial charge in [0.05, 0.1) is 0 Å². The smallest absolute Gasteiger partial charge is 0.0345 e. The molecule has 1 saturated heterocycles. The van der Waals surface area contributed by atoms with Crippen molar-refractivity contribution >= 4 is 0 Å². The van der Waals surface area contributed by atoms with Crippen LogP contribution in [0.1, 0.15) is 18.9 Å². The predicted octanol–water partition coefficient (Wildman–Crippen LogP) is 1.91. The third-order valence-corrected chi connectivity index (χ3v) is 3.44. The van der Waals surface area contributed by atoms with Gasteiger partial charge in [-0.2, -0.15) is 0 Å². The summed E-state index contributed by atoms with van der Waals surface area (Å²) in [5, 5.41) is 3.34. The summed E-state index contributed by atoms with van der Waals surface area (Å²) >= 11 is 0. The van der Waals surface area contributed by atoms with Crippen molar-refractivity contribution in [2.24, 2.45) is 0 Å². The number of likely N-dealkylation sites (N-methyl/N-ethyl adjacent to an activating group) is 1. The van der Waals surface area contributed by atoms with Crippen LogP contribution >= 0.6 is 0 Å². The lowest BCUT2D eigenvalue weighted by molar-refractivity contribution is 0.151. The Balaban J connectivity index is 1.70. The van der Waals surface area contributed by atoms with Crippen LogP contribution in [0.3, 0.4) is 0 Å². The molecule has 1 aliphatic rings. The molecule has 0 saturated carbocycles. The molecular weight excluding hydrogens is 196 g/mol. The number of hydrogen-bond donors (Lipinski definition) is 1. The van der Waals surface area contributed by atoms with Crippen LogP contribution in [0.4, 0.5) is 0 Å². The first-order valence-corrected chi connectivity index (χ1v) is 6.39. The van der Waals surface area contributed by atoms with Gasteiger partial charge in [-0.15, -0.1) is 0 Å². The van der Waals surface area contributed by atoms with Gasteiger partial charge in [0.1, 0.15) is 0 Å². The van der Waals surface area contributed by atoms with E-state index in [2.05, 4.69) is 47.5 Å². The van der Waals surface area contributed by atoms with Crippen LogP contribution in [-0.4, -0.2) is 37.1 Å². The van der Waals surface area contributed by atoms with Gasteiger partial charge in [0.25, 0.3) is 0 Å². The second-order valence-electron chi connectivity index (χ2n) is 4.53. The molecule has 16 heavy (non-hydrogen) atoms. The lowest BCUT2D eigenvalue weighted by atomic mass is 10.1. The Morgan fingerprint density at radius 2 is 2.00 bits per heavy atom. The van der Waals surface area contributed by atoms with Gasteiger partial charge in [-0.1, -0.05) is 37.3 Å². The van der Waals surface area contributed by atoms with E-state index in [1.807, 2.05) is 0 Å². The van der Waals surface area contributed by atoms with Crippen molar-refractivity contribution in [1.82, 2.24) is 10.2 Å². The fourth-order valence-corrected chi connectivity index (χ4v) is 2.26. The lowest BCUT2D eigenvalue weighted by Crippen LogP contribution is -2.57. The molecule has 2 rings (SSSR count). The van der Waals surface area contributed by atoms with Gasteiger partial charge in [0.15, 0.2) is 0 Å². The van der Waals surface area contributed by atoms with E-state index in [4.69, 9.17) is 0 Å². The number of nitrogens with one attached hydrogen (secondary N) is 1. The van der Waals surface area contributed by atoms with Gasteiger partial charge in [-0.25, -0.2) is 0 Å². The second-order valence-corrected chi connectivity index (χ2v) is 4.53. The summed E-state index contributed by atoms with van der Waals surface area (Å²) in [5.74, 6) is 0. The molecule has 88 valence electrons. The fraction of sp³-hybridized carbons (Fsp3) is 0.571. The Bertz CT molecular complexity index is 293. The van der Waals surface area contributed by atoms with Crippen molar-refractivity contribution in [3.63, 3.8) is 0 Å². The monoisotopic (exact) mass is 218 g/mol. The fourth-order valence-electron chi connectivity index (χ4n) is 2.26. The van der Waals surface area contributed by atoms with Crippen LogP contribution in [-0.2, 0) is 6.42 Å². The average molecular weight is 218 g/mol. The highest BCUT2D eigenvalue weighted by atomic mass is 15.2. The molecule has 1 fully saturated rings. The lowest BCUT2D eigenvalue weighted by Gasteiger charge is -2.37. The van der Waals surface area contributed by atoms with E-state index in [-0.39, 0.29) is 0 Å². The quantitative estimate of drug-likeness (QED) is 0.784. The van der Waals surface area contributed by atoms with Gasteiger partial charge in [0.2, 0.25) is 0 Å². The SMILES string of the molecule is CCN(CCCc1ccccc1)C1CNC1. The number of hydrogen-bond acceptors (Lipinski definition) is 2. The molecule has 1 aromatic carbocycles. The Morgan fingerprint density at radius 3 is 2.56 bits per heavy atom. The molecule has 1 N–H and O–H groups in total. The van der Waals surface area contributed by atoms with E-state index < -0.39 is 0 Å². The van der Waals surface area contributed by atoms with Crippen LogP contribution in [0.25, 0.3) is 0 Å². The first-order valence-electron chi connectivity index (χ1n) is 6.39. The third-order valence-electron chi connectivity index (χ3n) is 3.44. The molecule has 1 aromatic rings. The average Bonchev–Trinajstić information content (AvgIpc) is 2.26. The number of rotatable bonds is 6. The Kier molecular flexibility index (Phi) is 4.37. The van der Waals surface area contributed by atoms with Gasteiger partial charge in [-0.3, -0.25) is 4.90 Å². The molecule has 1 aliphatic heterocycles. The van der Waals surface area contributed by atoms with Gasteiger partial charge in [0, 0.05) is 19.1 Å². The van der Waals surface area contributed by atoms with E-state index in [0.29, 0.717) is 0 Å². The maximum absolute atomic E-state index is 3.34. The molecule has 0 spiro atoms. The Hall–Kier alpha value is -0.860. The second kappa shape index (κ2) is 6.02. The van der Waals surface area contributed by atoms with Crippen molar-refractivity contribution in [3.8, 4) is 0 Å². The van der Waals surface area contributed by atoms with Crippen LogP contribution < -0.4 is 5.32 Å². The third kappa shape index (κ3) is 3.06. The van der Waals surface area contributed by atoms with Crippen LogP contribution in [0.2, 0.25) is 0 Å². The molecule has 2 nitrogen and oxygen atoms in total. The summed E-state index contributed by atoms with van der Waals surface area (Å²) in [6, 6.07) is 11.6. The van der Waals surface area contributed by atoms with E-state index in [1.165, 1.54) is 44.6 Å². The first kappa shape index (κ1) is 11.6. The minimum atomic E-state index is 0.792. The van der Waals surface area contributed by atoms with E-state index in [0.717, 1.165) is 6.04 Å². The zero-order valence-electron chi connectivity index (χ0n) is 10.2. The highest BCUT2D eigenvalue weighted by molar-refractivity contribution is 5.14. The maximum atomic E-state index is 3.34. The molecule has 0 amide bonds. The molecule has 0 aliphatic carbocycles. The zero-order valence-corrected chi connectivity index (χ0v) is 10.2. The Labute approximate surface area is 98.7 Å². The first-order chi connectivity index (χ1) is 7.90. The highest BCUT2D eigenvalue weighted by Gasteiger charge is 2.22. The number of benzene rings is 1. The predicted molar refractivity (Wildman–Crippen MR) is 68.7 cm³/mol. The van der Waals surface area contributed by atoms with Crippen molar-refractivity contribution < 1.29 is 0 Å². The standard InChI is InChI=1S/C14H22N2/c1-2-16(14-11-15-12-14)10-6-9-13-7-4-3-5-8-13/h3-5,7-8,14-15H,2,6,9-12H2,1H3. The van der Waals surface area contributed by atoms with E-state index >= 15 is 0 Å². The highest BCUT2D eigenvalue weighted by Crippen LogP contribution is 2.08. The molecule has 2 heteroatoms.